The Hall–Kier alpha value is -1.52. The third-order valence-corrected chi connectivity index (χ3v) is 2.94. The first-order valence-corrected chi connectivity index (χ1v) is 4.86. The van der Waals surface area contributed by atoms with E-state index in [0.29, 0.717) is 0 Å². The molecule has 1 aromatic rings. The van der Waals surface area contributed by atoms with Gasteiger partial charge in [0.2, 0.25) is 0 Å². The Balaban J connectivity index is 2.34. The Bertz CT molecular complexity index is 451. The summed E-state index contributed by atoms with van der Waals surface area (Å²) in [5.41, 5.74) is 1.07. The van der Waals surface area contributed by atoms with E-state index in [0.717, 1.165) is 37.7 Å². The second-order valence-electron chi connectivity index (χ2n) is 3.80. The Kier molecular flexibility index (Phi) is 1.40. The summed E-state index contributed by atoms with van der Waals surface area (Å²) in [6.45, 7) is 2.57. The Morgan fingerprint density at radius 1 is 1.43 bits per heavy atom. The molecule has 0 bridgehead atoms. The molecule has 3 rings (SSSR count). The summed E-state index contributed by atoms with van der Waals surface area (Å²) >= 11 is 0. The molecule has 1 aromatic heterocycles. The normalized spacial score (nSPS) is 17.9. The predicted molar refractivity (Wildman–Crippen MR) is 54.0 cm³/mol. The summed E-state index contributed by atoms with van der Waals surface area (Å²) in [7, 11) is 2.02. The minimum Gasteiger partial charge on any atom is -0.369 e. The van der Waals surface area contributed by atoms with Gasteiger partial charge in [0.15, 0.2) is 0 Å². The van der Waals surface area contributed by atoms with E-state index in [2.05, 4.69) is 15.2 Å². The first kappa shape index (κ1) is 7.84. The summed E-state index contributed by atoms with van der Waals surface area (Å²) in [5, 5.41) is 3.14. The minimum absolute atomic E-state index is 0.127. The highest BCUT2D eigenvalue weighted by Gasteiger charge is 2.26. The molecule has 0 fully saturated rings. The van der Waals surface area contributed by atoms with Crippen LogP contribution in [0.4, 0.5) is 11.6 Å². The van der Waals surface area contributed by atoms with Gasteiger partial charge in [0.05, 0.1) is 0 Å². The molecule has 0 aliphatic carbocycles. The number of hydrogen-bond donors (Lipinski definition) is 1. The van der Waals surface area contributed by atoms with Gasteiger partial charge in [-0.05, 0) is 6.42 Å². The fourth-order valence-electron chi connectivity index (χ4n) is 2.26. The van der Waals surface area contributed by atoms with Gasteiger partial charge in [0.1, 0.15) is 11.6 Å². The van der Waals surface area contributed by atoms with Crippen LogP contribution in [0.1, 0.15) is 5.56 Å². The molecule has 5 nitrogen and oxygen atoms in total. The van der Waals surface area contributed by atoms with E-state index >= 15 is 0 Å². The van der Waals surface area contributed by atoms with Gasteiger partial charge in [0, 0.05) is 32.2 Å². The van der Waals surface area contributed by atoms with Crippen LogP contribution in [0.2, 0.25) is 0 Å². The molecule has 2 aliphatic rings. The summed E-state index contributed by atoms with van der Waals surface area (Å²) in [4.78, 5) is 17.8. The first-order valence-electron chi connectivity index (χ1n) is 4.86. The zero-order valence-electron chi connectivity index (χ0n) is 8.08. The molecule has 0 amide bonds. The topological polar surface area (TPSA) is 50.2 Å². The molecule has 0 spiro atoms. The van der Waals surface area contributed by atoms with Crippen molar-refractivity contribution in [3.8, 4) is 0 Å². The number of rotatable bonds is 0. The number of nitrogens with one attached hydrogen (secondary N) is 1. The molecule has 0 aromatic carbocycles. The van der Waals surface area contributed by atoms with E-state index in [4.69, 9.17) is 0 Å². The van der Waals surface area contributed by atoms with Crippen LogP contribution >= 0.6 is 0 Å². The molecule has 74 valence electrons. The SMILES string of the molecule is CN1CCn2c1c1c(nc2=O)NCC1. The van der Waals surface area contributed by atoms with Gasteiger partial charge < -0.3 is 10.2 Å². The fraction of sp³-hybridized carbons (Fsp3) is 0.556. The van der Waals surface area contributed by atoms with E-state index in [9.17, 15) is 4.79 Å². The third-order valence-electron chi connectivity index (χ3n) is 2.94. The molecule has 14 heavy (non-hydrogen) atoms. The summed E-state index contributed by atoms with van der Waals surface area (Å²) < 4.78 is 1.77. The quantitative estimate of drug-likeness (QED) is 0.611. The number of fused-ring (bicyclic) bond motifs is 3. The van der Waals surface area contributed by atoms with Gasteiger partial charge in [-0.1, -0.05) is 0 Å². The summed E-state index contributed by atoms with van der Waals surface area (Å²) in [6, 6.07) is 0. The number of hydrogen-bond acceptors (Lipinski definition) is 4. The lowest BCUT2D eigenvalue weighted by atomic mass is 10.2. The molecule has 0 saturated heterocycles. The maximum Gasteiger partial charge on any atom is 0.351 e. The largest absolute Gasteiger partial charge is 0.369 e. The maximum absolute atomic E-state index is 11.6. The molecule has 1 N–H and O–H groups in total. The highest BCUT2D eigenvalue weighted by molar-refractivity contribution is 5.63. The van der Waals surface area contributed by atoms with Crippen LogP contribution in [-0.2, 0) is 13.0 Å². The van der Waals surface area contributed by atoms with Gasteiger partial charge in [0.25, 0.3) is 0 Å². The standard InChI is InChI=1S/C9H12N4O/c1-12-4-5-13-8(12)6-2-3-10-7(6)11-9(13)14/h2-5H2,1H3,(H,10,11,14). The van der Waals surface area contributed by atoms with Gasteiger partial charge in [-0.3, -0.25) is 4.57 Å². The lowest BCUT2D eigenvalue weighted by Crippen LogP contribution is -2.23. The van der Waals surface area contributed by atoms with Gasteiger partial charge in [-0.15, -0.1) is 0 Å². The van der Waals surface area contributed by atoms with Crippen LogP contribution in [0.15, 0.2) is 4.79 Å². The molecule has 2 aliphatic heterocycles. The van der Waals surface area contributed by atoms with Crippen LogP contribution in [0, 0.1) is 0 Å². The Morgan fingerprint density at radius 3 is 3.14 bits per heavy atom. The van der Waals surface area contributed by atoms with Crippen molar-refractivity contribution in [1.29, 1.82) is 0 Å². The number of anilines is 2. The van der Waals surface area contributed by atoms with Crippen molar-refractivity contribution < 1.29 is 0 Å². The highest BCUT2D eigenvalue weighted by atomic mass is 16.1. The van der Waals surface area contributed by atoms with Crippen molar-refractivity contribution in [2.24, 2.45) is 0 Å². The Labute approximate surface area is 81.4 Å². The number of aromatic nitrogens is 2. The van der Waals surface area contributed by atoms with E-state index in [1.807, 2.05) is 7.05 Å². The minimum atomic E-state index is -0.127. The van der Waals surface area contributed by atoms with Crippen molar-refractivity contribution in [2.45, 2.75) is 13.0 Å². The average Bonchev–Trinajstić information content (AvgIpc) is 2.71. The fourth-order valence-corrected chi connectivity index (χ4v) is 2.26. The lowest BCUT2D eigenvalue weighted by molar-refractivity contribution is 0.737. The van der Waals surface area contributed by atoms with Crippen LogP contribution in [-0.4, -0.2) is 29.7 Å². The maximum atomic E-state index is 11.6. The monoisotopic (exact) mass is 192 g/mol. The summed E-state index contributed by atoms with van der Waals surface area (Å²) in [5.74, 6) is 1.85. The van der Waals surface area contributed by atoms with Crippen molar-refractivity contribution in [2.75, 3.05) is 30.4 Å². The van der Waals surface area contributed by atoms with E-state index < -0.39 is 0 Å². The zero-order valence-corrected chi connectivity index (χ0v) is 8.08. The van der Waals surface area contributed by atoms with Gasteiger partial charge in [-0.25, -0.2) is 4.79 Å². The third kappa shape index (κ3) is 0.840. The van der Waals surface area contributed by atoms with Crippen molar-refractivity contribution in [3.63, 3.8) is 0 Å². The van der Waals surface area contributed by atoms with Crippen LogP contribution < -0.4 is 15.9 Å². The molecule has 3 heterocycles. The van der Waals surface area contributed by atoms with E-state index in [1.165, 1.54) is 5.56 Å². The van der Waals surface area contributed by atoms with Crippen LogP contribution in [0.5, 0.6) is 0 Å². The molecule has 0 atom stereocenters. The van der Waals surface area contributed by atoms with Crippen molar-refractivity contribution in [3.05, 3.63) is 16.0 Å². The van der Waals surface area contributed by atoms with Crippen LogP contribution in [0.25, 0.3) is 0 Å². The highest BCUT2D eigenvalue weighted by Crippen LogP contribution is 2.30. The van der Waals surface area contributed by atoms with Crippen molar-refractivity contribution >= 4 is 11.6 Å². The summed E-state index contributed by atoms with van der Waals surface area (Å²) in [6.07, 6.45) is 0.974. The smallest absolute Gasteiger partial charge is 0.351 e. The van der Waals surface area contributed by atoms with Crippen LogP contribution in [0.3, 0.4) is 0 Å². The number of nitrogens with zero attached hydrogens (tertiary/aromatic N) is 3. The predicted octanol–water partition coefficient (Wildman–Crippen LogP) is -0.339. The molecular formula is C9H12N4O. The second kappa shape index (κ2) is 2.50. The lowest BCUT2D eigenvalue weighted by Gasteiger charge is -2.14. The Morgan fingerprint density at radius 2 is 2.29 bits per heavy atom. The average molecular weight is 192 g/mol. The van der Waals surface area contributed by atoms with Crippen molar-refractivity contribution in [1.82, 2.24) is 9.55 Å². The molecule has 5 heteroatoms. The second-order valence-corrected chi connectivity index (χ2v) is 3.80. The zero-order chi connectivity index (χ0) is 9.71. The first-order chi connectivity index (χ1) is 6.77. The van der Waals surface area contributed by atoms with E-state index in [-0.39, 0.29) is 5.69 Å². The molecular weight excluding hydrogens is 180 g/mol. The van der Waals surface area contributed by atoms with E-state index in [1.54, 1.807) is 4.57 Å². The number of likely N-dealkylation sites (N-methyl/N-ethyl adjacent to an activating group) is 1. The van der Waals surface area contributed by atoms with Gasteiger partial charge in [-0.2, -0.15) is 4.98 Å². The molecule has 0 saturated carbocycles. The molecule has 0 unspecified atom stereocenters. The van der Waals surface area contributed by atoms with Gasteiger partial charge >= 0.3 is 5.69 Å². The molecule has 0 radical (unpaired) electrons.